The van der Waals surface area contributed by atoms with Gasteiger partial charge in [0.2, 0.25) is 5.78 Å². The zero-order chi connectivity index (χ0) is 18.6. The van der Waals surface area contributed by atoms with E-state index in [0.29, 0.717) is 0 Å². The van der Waals surface area contributed by atoms with Crippen molar-refractivity contribution >= 4 is 5.78 Å². The Morgan fingerprint density at radius 1 is 1.04 bits per heavy atom. The zero-order valence-electron chi connectivity index (χ0n) is 14.1. The molecule has 0 aliphatic carbocycles. The fourth-order valence-electron chi connectivity index (χ4n) is 3.14. The van der Waals surface area contributed by atoms with Crippen LogP contribution < -0.4 is 0 Å². The van der Waals surface area contributed by atoms with Crippen molar-refractivity contribution in [1.29, 1.82) is 0 Å². The quantitative estimate of drug-likeness (QED) is 0.473. The molecule has 1 saturated heterocycles. The van der Waals surface area contributed by atoms with Crippen LogP contribution in [0.15, 0.2) is 30.3 Å². The van der Waals surface area contributed by atoms with Crippen LogP contribution in [0.4, 0.5) is 0 Å². The van der Waals surface area contributed by atoms with Crippen LogP contribution in [0.25, 0.3) is 0 Å². The predicted molar refractivity (Wildman–Crippen MR) is 84.1 cm³/mol. The average molecular weight is 340 g/mol. The fraction of sp³-hybridized carbons (Fsp3) is 0.588. The van der Waals surface area contributed by atoms with E-state index in [1.807, 2.05) is 0 Å². The summed E-state index contributed by atoms with van der Waals surface area (Å²) < 4.78 is 5.31. The van der Waals surface area contributed by atoms with Crippen molar-refractivity contribution in [2.45, 2.75) is 62.5 Å². The number of carbonyl (C=O) groups is 1. The first kappa shape index (κ1) is 19.0. The first-order chi connectivity index (χ1) is 10.8. The summed E-state index contributed by atoms with van der Waals surface area (Å²) in [5.74, 6) is -3.86. The molecule has 1 aromatic rings. The summed E-state index contributed by atoms with van der Waals surface area (Å²) >= 11 is 0. The van der Waals surface area contributed by atoms with E-state index in [2.05, 4.69) is 0 Å². The molecule has 7 heteroatoms. The van der Waals surface area contributed by atoms with Crippen LogP contribution in [0.5, 0.6) is 0 Å². The highest BCUT2D eigenvalue weighted by Gasteiger charge is 2.74. The Kier molecular flexibility index (Phi) is 4.42. The molecule has 134 valence electrons. The molecule has 1 aliphatic rings. The van der Waals surface area contributed by atoms with Crippen molar-refractivity contribution < 1.29 is 35.1 Å². The topological polar surface area (TPSA) is 127 Å². The summed E-state index contributed by atoms with van der Waals surface area (Å²) in [4.78, 5) is 12.8. The third-order valence-electron chi connectivity index (χ3n) is 5.23. The van der Waals surface area contributed by atoms with Crippen molar-refractivity contribution in [2.24, 2.45) is 0 Å². The number of ketones is 1. The van der Waals surface area contributed by atoms with Gasteiger partial charge >= 0.3 is 0 Å². The Balaban J connectivity index is 2.62. The molecule has 1 aliphatic heterocycles. The second kappa shape index (κ2) is 5.59. The maximum absolute atomic E-state index is 12.8. The molecule has 0 amide bonds. The molecule has 1 unspecified atom stereocenters. The van der Waals surface area contributed by atoms with Gasteiger partial charge in [0.15, 0.2) is 5.60 Å². The second-order valence-electron chi connectivity index (χ2n) is 6.91. The number of aliphatic hydroxyl groups excluding tert-OH is 1. The SMILES string of the molecule is CC(O)[C@H]1O[C@](O)(C(=O)c2ccccc2)[C@](C)(O)[C@@](C)(O)[C@@]1(C)O. The van der Waals surface area contributed by atoms with Gasteiger partial charge in [-0.2, -0.15) is 0 Å². The standard InChI is InChI=1S/C17H24O7/c1-10(18)13-14(2,20)15(3,21)16(4,22)17(23,24-13)12(19)11-8-6-5-7-9-11/h5-10,13,18,20-23H,1-4H3/t10?,13-,14+,15+,16-,17-/m1/s1. The number of Topliss-reactive ketones (excluding diaryl/α,β-unsaturated/α-hetero) is 1. The van der Waals surface area contributed by atoms with E-state index < -0.39 is 40.6 Å². The number of benzene rings is 1. The Labute approximate surface area is 140 Å². The molecule has 0 radical (unpaired) electrons. The van der Waals surface area contributed by atoms with Crippen molar-refractivity contribution in [3.8, 4) is 0 Å². The van der Waals surface area contributed by atoms with Crippen molar-refractivity contribution in [3.63, 3.8) is 0 Å². The molecule has 1 heterocycles. The predicted octanol–water partition coefficient (Wildman–Crippen LogP) is -0.409. The van der Waals surface area contributed by atoms with Gasteiger partial charge in [-0.1, -0.05) is 30.3 Å². The molecule has 0 spiro atoms. The largest absolute Gasteiger partial charge is 0.391 e. The molecular formula is C17H24O7. The summed E-state index contributed by atoms with van der Waals surface area (Å²) in [7, 11) is 0. The highest BCUT2D eigenvalue weighted by Crippen LogP contribution is 2.49. The van der Waals surface area contributed by atoms with Gasteiger partial charge in [-0.3, -0.25) is 4.79 Å². The van der Waals surface area contributed by atoms with Crippen LogP contribution in [0.3, 0.4) is 0 Å². The van der Waals surface area contributed by atoms with Gasteiger partial charge in [-0.05, 0) is 27.7 Å². The van der Waals surface area contributed by atoms with E-state index in [1.54, 1.807) is 18.2 Å². The summed E-state index contributed by atoms with van der Waals surface area (Å²) in [6.07, 6.45) is -2.86. The number of hydrogen-bond donors (Lipinski definition) is 5. The van der Waals surface area contributed by atoms with Crippen molar-refractivity contribution in [1.82, 2.24) is 0 Å². The van der Waals surface area contributed by atoms with Crippen LogP contribution in [0.1, 0.15) is 38.1 Å². The third-order valence-corrected chi connectivity index (χ3v) is 5.23. The van der Waals surface area contributed by atoms with Gasteiger partial charge in [-0.25, -0.2) is 0 Å². The normalized spacial score (nSPS) is 44.1. The number of carbonyl (C=O) groups excluding carboxylic acids is 1. The van der Waals surface area contributed by atoms with Crippen LogP contribution in [0.2, 0.25) is 0 Å². The first-order valence-electron chi connectivity index (χ1n) is 7.66. The van der Waals surface area contributed by atoms with Crippen LogP contribution in [-0.2, 0) is 4.74 Å². The average Bonchev–Trinajstić information content (AvgIpc) is 2.50. The summed E-state index contributed by atoms with van der Waals surface area (Å²) in [5, 5.41) is 53.0. The fourth-order valence-corrected chi connectivity index (χ4v) is 3.14. The molecule has 0 bridgehead atoms. The van der Waals surface area contributed by atoms with Gasteiger partial charge in [-0.15, -0.1) is 0 Å². The highest BCUT2D eigenvalue weighted by molar-refractivity contribution is 6.02. The maximum Gasteiger partial charge on any atom is 0.264 e. The van der Waals surface area contributed by atoms with Crippen LogP contribution in [0, 0.1) is 0 Å². The highest BCUT2D eigenvalue weighted by atomic mass is 16.7. The number of ether oxygens (including phenoxy) is 1. The lowest BCUT2D eigenvalue weighted by atomic mass is 9.63. The van der Waals surface area contributed by atoms with E-state index in [1.165, 1.54) is 19.1 Å². The molecule has 6 atom stereocenters. The van der Waals surface area contributed by atoms with Gasteiger partial charge in [0.1, 0.15) is 17.3 Å². The smallest absolute Gasteiger partial charge is 0.264 e. The Bertz CT molecular complexity index is 621. The Hall–Kier alpha value is -1.35. The van der Waals surface area contributed by atoms with E-state index in [9.17, 15) is 30.3 Å². The van der Waals surface area contributed by atoms with E-state index >= 15 is 0 Å². The lowest BCUT2D eigenvalue weighted by molar-refractivity contribution is -0.414. The number of rotatable bonds is 3. The summed E-state index contributed by atoms with van der Waals surface area (Å²) in [6, 6.07) is 7.63. The first-order valence-corrected chi connectivity index (χ1v) is 7.66. The minimum absolute atomic E-state index is 0.0435. The third kappa shape index (κ3) is 2.32. The number of aliphatic hydroxyl groups is 5. The summed E-state index contributed by atoms with van der Waals surface area (Å²) in [6.45, 7) is 4.52. The minimum atomic E-state index is -2.87. The maximum atomic E-state index is 12.8. The van der Waals surface area contributed by atoms with Crippen LogP contribution >= 0.6 is 0 Å². The van der Waals surface area contributed by atoms with E-state index in [4.69, 9.17) is 4.74 Å². The molecule has 1 aromatic carbocycles. The number of hydrogen-bond acceptors (Lipinski definition) is 7. The van der Waals surface area contributed by atoms with Gasteiger partial charge in [0.25, 0.3) is 5.79 Å². The Morgan fingerprint density at radius 3 is 2.00 bits per heavy atom. The molecule has 0 aromatic heterocycles. The van der Waals surface area contributed by atoms with E-state index in [-0.39, 0.29) is 5.56 Å². The molecule has 2 rings (SSSR count). The summed E-state index contributed by atoms with van der Waals surface area (Å²) in [5.41, 5.74) is -7.05. The minimum Gasteiger partial charge on any atom is -0.391 e. The lowest BCUT2D eigenvalue weighted by Gasteiger charge is -2.60. The van der Waals surface area contributed by atoms with Crippen LogP contribution in [-0.4, -0.2) is 66.1 Å². The molecule has 24 heavy (non-hydrogen) atoms. The molecular weight excluding hydrogens is 316 g/mol. The zero-order valence-corrected chi connectivity index (χ0v) is 14.1. The van der Waals surface area contributed by atoms with Crippen molar-refractivity contribution in [3.05, 3.63) is 35.9 Å². The molecule has 0 saturated carbocycles. The molecule has 7 nitrogen and oxygen atoms in total. The van der Waals surface area contributed by atoms with Crippen molar-refractivity contribution in [2.75, 3.05) is 0 Å². The Morgan fingerprint density at radius 2 is 1.54 bits per heavy atom. The van der Waals surface area contributed by atoms with E-state index in [0.717, 1.165) is 20.8 Å². The van der Waals surface area contributed by atoms with Gasteiger partial charge < -0.3 is 30.3 Å². The monoisotopic (exact) mass is 340 g/mol. The lowest BCUT2D eigenvalue weighted by Crippen LogP contribution is -2.83. The molecule has 5 N–H and O–H groups in total. The second-order valence-corrected chi connectivity index (χ2v) is 6.91. The van der Waals surface area contributed by atoms with Gasteiger partial charge in [0, 0.05) is 5.56 Å². The van der Waals surface area contributed by atoms with Gasteiger partial charge in [0.05, 0.1) is 6.10 Å². The molecule has 1 fully saturated rings.